The molecule has 0 spiro atoms. The monoisotopic (exact) mass is 356 g/mol. The topological polar surface area (TPSA) is 87.5 Å². The molecule has 136 valence electrons. The van der Waals surface area contributed by atoms with Gasteiger partial charge in [-0.3, -0.25) is 9.36 Å². The van der Waals surface area contributed by atoms with Crippen LogP contribution in [0.4, 0.5) is 0 Å². The van der Waals surface area contributed by atoms with Crippen molar-refractivity contribution in [3.05, 3.63) is 39.9 Å². The molecule has 0 saturated carbocycles. The fourth-order valence-electron chi connectivity index (χ4n) is 3.50. The number of hydrogen-bond acceptors (Lipinski definition) is 6. The van der Waals surface area contributed by atoms with Crippen LogP contribution in [0.15, 0.2) is 23.0 Å². The summed E-state index contributed by atoms with van der Waals surface area (Å²) in [5.41, 5.74) is 0.705. The molecule has 1 aromatic carbocycles. The van der Waals surface area contributed by atoms with Crippen LogP contribution in [0.3, 0.4) is 0 Å². The standard InChI is InChI=1S/C19H20N2O5/c22-17-13-7-6-12(18(23)26-15-8-10-25-19(15)24)11-14(13)20-16-5-3-1-2-4-9-21(16)17/h6-7,11,15H,1-5,8-10H2/t15-/m0/s1. The number of benzene rings is 1. The number of cyclic esters (lactones) is 1. The first-order valence-electron chi connectivity index (χ1n) is 9.04. The minimum absolute atomic E-state index is 0.0637. The van der Waals surface area contributed by atoms with E-state index in [1.807, 2.05) is 0 Å². The number of carbonyl (C=O) groups is 2. The minimum Gasteiger partial charge on any atom is -0.463 e. The summed E-state index contributed by atoms with van der Waals surface area (Å²) in [7, 11) is 0. The highest BCUT2D eigenvalue weighted by Crippen LogP contribution is 2.18. The van der Waals surface area contributed by atoms with Gasteiger partial charge in [-0.15, -0.1) is 0 Å². The zero-order valence-electron chi connectivity index (χ0n) is 14.4. The molecule has 0 unspecified atom stereocenters. The van der Waals surface area contributed by atoms with Crippen molar-refractivity contribution in [2.45, 2.75) is 51.2 Å². The molecule has 0 radical (unpaired) electrons. The minimum atomic E-state index is -0.854. The van der Waals surface area contributed by atoms with Gasteiger partial charge in [0.25, 0.3) is 5.56 Å². The maximum absolute atomic E-state index is 12.8. The number of ether oxygens (including phenoxy) is 2. The molecule has 2 aliphatic rings. The van der Waals surface area contributed by atoms with E-state index in [4.69, 9.17) is 9.47 Å². The number of esters is 2. The summed E-state index contributed by atoms with van der Waals surface area (Å²) in [6, 6.07) is 4.73. The van der Waals surface area contributed by atoms with E-state index in [2.05, 4.69) is 4.98 Å². The molecule has 0 amide bonds. The Morgan fingerprint density at radius 1 is 1.19 bits per heavy atom. The number of fused-ring (bicyclic) bond motifs is 2. The molecule has 2 aliphatic heterocycles. The first kappa shape index (κ1) is 16.8. The van der Waals surface area contributed by atoms with Crippen LogP contribution < -0.4 is 5.56 Å². The van der Waals surface area contributed by atoms with Gasteiger partial charge in [0.05, 0.1) is 23.1 Å². The fraction of sp³-hybridized carbons (Fsp3) is 0.474. The van der Waals surface area contributed by atoms with E-state index < -0.39 is 18.0 Å². The molecule has 2 aromatic rings. The Balaban J connectivity index is 1.68. The molecule has 26 heavy (non-hydrogen) atoms. The van der Waals surface area contributed by atoms with Gasteiger partial charge in [0.2, 0.25) is 6.10 Å². The van der Waals surface area contributed by atoms with Crippen molar-refractivity contribution >= 4 is 22.8 Å². The third-order valence-electron chi connectivity index (χ3n) is 4.94. The zero-order chi connectivity index (χ0) is 18.1. The van der Waals surface area contributed by atoms with Crippen LogP contribution in [-0.4, -0.2) is 34.2 Å². The largest absolute Gasteiger partial charge is 0.463 e. The maximum Gasteiger partial charge on any atom is 0.347 e. The van der Waals surface area contributed by atoms with Gasteiger partial charge in [-0.05, 0) is 31.0 Å². The quantitative estimate of drug-likeness (QED) is 0.765. The lowest BCUT2D eigenvalue weighted by molar-refractivity contribution is -0.145. The molecule has 1 fully saturated rings. The van der Waals surface area contributed by atoms with Crippen molar-refractivity contribution in [2.75, 3.05) is 6.61 Å². The van der Waals surface area contributed by atoms with Gasteiger partial charge >= 0.3 is 11.9 Å². The summed E-state index contributed by atoms with van der Waals surface area (Å²) in [5, 5.41) is 0.492. The number of hydrogen-bond donors (Lipinski definition) is 0. The van der Waals surface area contributed by atoms with Crippen molar-refractivity contribution in [2.24, 2.45) is 0 Å². The van der Waals surface area contributed by atoms with Gasteiger partial charge < -0.3 is 9.47 Å². The van der Waals surface area contributed by atoms with Gasteiger partial charge in [-0.25, -0.2) is 14.6 Å². The second-order valence-electron chi connectivity index (χ2n) is 6.73. The highest BCUT2D eigenvalue weighted by Gasteiger charge is 2.30. The highest BCUT2D eigenvalue weighted by atomic mass is 16.6. The molecule has 7 nitrogen and oxygen atoms in total. The number of aromatic nitrogens is 2. The first-order valence-corrected chi connectivity index (χ1v) is 9.04. The smallest absolute Gasteiger partial charge is 0.347 e. The second-order valence-corrected chi connectivity index (χ2v) is 6.73. The number of nitrogens with zero attached hydrogens (tertiary/aromatic N) is 2. The third-order valence-corrected chi connectivity index (χ3v) is 4.94. The summed E-state index contributed by atoms with van der Waals surface area (Å²) in [5.74, 6) is -0.353. The van der Waals surface area contributed by atoms with Crippen molar-refractivity contribution in [1.29, 1.82) is 0 Å². The van der Waals surface area contributed by atoms with E-state index in [1.165, 1.54) is 0 Å². The van der Waals surface area contributed by atoms with E-state index in [1.54, 1.807) is 22.8 Å². The Morgan fingerprint density at radius 3 is 2.85 bits per heavy atom. The highest BCUT2D eigenvalue weighted by molar-refractivity contribution is 5.95. The van der Waals surface area contributed by atoms with Crippen molar-refractivity contribution in [1.82, 2.24) is 9.55 Å². The molecular formula is C19H20N2O5. The Bertz CT molecular complexity index is 933. The van der Waals surface area contributed by atoms with Crippen LogP contribution in [0.5, 0.6) is 0 Å². The van der Waals surface area contributed by atoms with Crippen LogP contribution >= 0.6 is 0 Å². The summed E-state index contributed by atoms with van der Waals surface area (Å²) < 4.78 is 11.8. The van der Waals surface area contributed by atoms with Gasteiger partial charge in [0.1, 0.15) is 5.82 Å². The van der Waals surface area contributed by atoms with Crippen LogP contribution in [0, 0.1) is 0 Å². The fourth-order valence-corrected chi connectivity index (χ4v) is 3.50. The molecule has 7 heteroatoms. The molecule has 0 bridgehead atoms. The maximum atomic E-state index is 12.8. The van der Waals surface area contributed by atoms with Crippen LogP contribution in [0.25, 0.3) is 10.9 Å². The van der Waals surface area contributed by atoms with Gasteiger partial charge in [-0.1, -0.05) is 12.8 Å². The number of aryl methyl sites for hydroxylation is 1. The van der Waals surface area contributed by atoms with Gasteiger partial charge in [-0.2, -0.15) is 0 Å². The lowest BCUT2D eigenvalue weighted by atomic mass is 10.1. The average Bonchev–Trinajstić information content (AvgIpc) is 3.01. The molecular weight excluding hydrogens is 336 g/mol. The summed E-state index contributed by atoms with van der Waals surface area (Å²) in [6.45, 7) is 0.948. The van der Waals surface area contributed by atoms with Gasteiger partial charge in [0.15, 0.2) is 0 Å². The lowest BCUT2D eigenvalue weighted by Crippen LogP contribution is -2.27. The summed E-state index contributed by atoms with van der Waals surface area (Å²) >= 11 is 0. The Hall–Kier alpha value is -2.70. The molecule has 0 aliphatic carbocycles. The van der Waals surface area contributed by atoms with E-state index in [0.717, 1.165) is 37.9 Å². The Labute approximate surface area is 149 Å². The van der Waals surface area contributed by atoms with E-state index >= 15 is 0 Å². The molecule has 4 rings (SSSR count). The second kappa shape index (κ2) is 6.90. The Kier molecular flexibility index (Phi) is 4.44. The number of carbonyl (C=O) groups excluding carboxylic acids is 2. The summed E-state index contributed by atoms with van der Waals surface area (Å²) in [4.78, 5) is 41.2. The van der Waals surface area contributed by atoms with E-state index in [0.29, 0.717) is 23.9 Å². The predicted molar refractivity (Wildman–Crippen MR) is 93.0 cm³/mol. The summed E-state index contributed by atoms with van der Waals surface area (Å²) in [6.07, 6.45) is 4.51. The lowest BCUT2D eigenvalue weighted by Gasteiger charge is -2.16. The molecule has 0 N–H and O–H groups in total. The third kappa shape index (κ3) is 3.09. The number of rotatable bonds is 2. The van der Waals surface area contributed by atoms with Crippen molar-refractivity contribution in [3.63, 3.8) is 0 Å². The average molecular weight is 356 g/mol. The Morgan fingerprint density at radius 2 is 2.04 bits per heavy atom. The molecule has 3 heterocycles. The van der Waals surface area contributed by atoms with Crippen LogP contribution in [0.1, 0.15) is 48.3 Å². The zero-order valence-corrected chi connectivity index (χ0v) is 14.4. The van der Waals surface area contributed by atoms with Crippen LogP contribution in [-0.2, 0) is 27.2 Å². The van der Waals surface area contributed by atoms with Gasteiger partial charge in [0, 0.05) is 19.4 Å². The predicted octanol–water partition coefficient (Wildman–Crippen LogP) is 1.99. The molecule has 1 saturated heterocycles. The normalized spacial score (nSPS) is 20.2. The van der Waals surface area contributed by atoms with E-state index in [9.17, 15) is 14.4 Å². The SMILES string of the molecule is O=C(O[C@H]1CCOC1=O)c1ccc2c(=O)n3c(nc2c1)CCCCCC3. The van der Waals surface area contributed by atoms with Crippen LogP contribution in [0.2, 0.25) is 0 Å². The van der Waals surface area contributed by atoms with Crippen molar-refractivity contribution in [3.8, 4) is 0 Å². The first-order chi connectivity index (χ1) is 12.6. The van der Waals surface area contributed by atoms with Crippen molar-refractivity contribution < 1.29 is 19.1 Å². The molecule has 1 aromatic heterocycles. The molecule has 1 atom stereocenters. The van der Waals surface area contributed by atoms with E-state index in [-0.39, 0.29) is 17.7 Å².